The number of primary amides is 1. The van der Waals surface area contributed by atoms with Gasteiger partial charge in [-0.05, 0) is 93.4 Å². The topological polar surface area (TPSA) is 231 Å². The number of aliphatic hydroxyl groups is 1. The number of hydrogen-bond donors (Lipinski definition) is 5. The van der Waals surface area contributed by atoms with Crippen LogP contribution in [0.25, 0.3) is 10.4 Å². The molecule has 3 saturated heterocycles. The van der Waals surface area contributed by atoms with Crippen LogP contribution < -0.4 is 26.8 Å². The van der Waals surface area contributed by atoms with Gasteiger partial charge in [-0.15, -0.1) is 23.7 Å². The summed E-state index contributed by atoms with van der Waals surface area (Å²) in [6.45, 7) is 9.36. The molecule has 0 radical (unpaired) electrons. The predicted octanol–water partition coefficient (Wildman–Crippen LogP) is 5.97. The number of fused-ring (bicyclic) bond motifs is 1. The van der Waals surface area contributed by atoms with Gasteiger partial charge < -0.3 is 46.6 Å². The minimum atomic E-state index is -0.956. The van der Waals surface area contributed by atoms with Gasteiger partial charge in [-0.1, -0.05) is 81.6 Å². The molecule has 6 amide bonds. The van der Waals surface area contributed by atoms with Crippen LogP contribution in [0.15, 0.2) is 48.0 Å². The second-order valence-corrected chi connectivity index (χ2v) is 20.9. The summed E-state index contributed by atoms with van der Waals surface area (Å²) in [5.74, 6) is -1.42. The maximum atomic E-state index is 14.2. The fourth-order valence-corrected chi connectivity index (χ4v) is 10.8. The van der Waals surface area contributed by atoms with Crippen molar-refractivity contribution < 1.29 is 38.6 Å². The number of rotatable bonds is 20. The molecule has 3 aliphatic heterocycles. The number of carbonyl (C=O) groups excluding carboxylic acids is 6. The summed E-state index contributed by atoms with van der Waals surface area (Å²) >= 11 is 8.46. The molecule has 8 atom stereocenters. The van der Waals surface area contributed by atoms with E-state index in [-0.39, 0.29) is 81.0 Å². The summed E-state index contributed by atoms with van der Waals surface area (Å²) in [5, 5.41) is 17.1. The van der Waals surface area contributed by atoms with Crippen LogP contribution in [-0.2, 0) is 35.2 Å². The predicted molar refractivity (Wildman–Crippen MR) is 268 cm³/mol. The van der Waals surface area contributed by atoms with Gasteiger partial charge in [0.25, 0.3) is 0 Å². The first-order chi connectivity index (χ1) is 32.4. The third-order valence-electron chi connectivity index (χ3n) is 13.6. The Kier molecular flexibility index (Phi) is 19.8. The second-order valence-electron chi connectivity index (χ2n) is 19.7. The van der Waals surface area contributed by atoms with Gasteiger partial charge in [-0.3, -0.25) is 28.8 Å². The molecule has 3 fully saturated rings. The lowest BCUT2D eigenvalue weighted by atomic mass is 9.85. The smallest absolute Gasteiger partial charge is 0.246 e. The Morgan fingerprint density at radius 2 is 1.77 bits per heavy atom. The normalized spacial score (nSPS) is 21.7. The van der Waals surface area contributed by atoms with E-state index in [1.807, 2.05) is 76.5 Å². The highest BCUT2D eigenvalue weighted by molar-refractivity contribution is 7.13. The van der Waals surface area contributed by atoms with Crippen LogP contribution in [-0.4, -0.2) is 116 Å². The van der Waals surface area contributed by atoms with Crippen molar-refractivity contribution in [3.63, 3.8) is 0 Å². The van der Waals surface area contributed by atoms with Crippen molar-refractivity contribution in [2.45, 2.75) is 167 Å². The fourth-order valence-electron chi connectivity index (χ4n) is 9.75. The molecule has 3 aromatic rings. The van der Waals surface area contributed by atoms with Crippen LogP contribution in [0.1, 0.15) is 128 Å². The Hall–Kier alpha value is -4.81. The van der Waals surface area contributed by atoms with Crippen molar-refractivity contribution in [3.05, 3.63) is 69.8 Å². The van der Waals surface area contributed by atoms with E-state index in [0.29, 0.717) is 49.3 Å². The van der Waals surface area contributed by atoms with Crippen molar-refractivity contribution in [1.82, 2.24) is 30.3 Å². The number of aliphatic hydroxyl groups excluding tert-OH is 1. The van der Waals surface area contributed by atoms with E-state index in [1.165, 1.54) is 4.90 Å². The quantitative estimate of drug-likeness (QED) is 0.0658. The van der Waals surface area contributed by atoms with Crippen LogP contribution in [0, 0.1) is 12.3 Å². The number of likely N-dealkylation sites (tertiary alicyclic amines) is 1. The van der Waals surface area contributed by atoms with Crippen molar-refractivity contribution in [2.24, 2.45) is 16.9 Å². The average molecular weight is 1010 g/mol. The summed E-state index contributed by atoms with van der Waals surface area (Å²) in [7, 11) is 0. The third kappa shape index (κ3) is 14.0. The van der Waals surface area contributed by atoms with Gasteiger partial charge in [0.05, 0.1) is 45.3 Å². The molecule has 0 saturated carbocycles. The van der Waals surface area contributed by atoms with Crippen molar-refractivity contribution >= 4 is 71.3 Å². The summed E-state index contributed by atoms with van der Waals surface area (Å²) in [4.78, 5) is 89.8. The summed E-state index contributed by atoms with van der Waals surface area (Å²) in [6.07, 6.45) is 5.95. The SMILES string of the molecule is Cc1ncsc1-c1ccc([C@H](C)NC(=O)[C@@H]2C[C@@H](O)CN2C(=O)[C@@H](NC(=O)CCCCc2cccc(OC[C@H](CCC(N)=O)N(C=O)[C@@H]3CC[C@@H]4CCCC[C@H](N)C(=O)N43)c2Cl)C(C)(C)C)cc1.Cl. The number of nitrogens with zero attached hydrogens (tertiary/aromatic N) is 4. The Labute approximate surface area is 421 Å². The van der Waals surface area contributed by atoms with E-state index in [9.17, 15) is 33.9 Å². The number of β-amino-alcohol motifs (C(OH)–C–C–N with tert-alkyl or cyclic N) is 1. The standard InChI is InChI=1S/C50H69ClN8O8S.ClH/c1-30(32-17-19-34(20-18-32)45-31(2)54-28-68-45)55-47(64)39-25-37(61)26-57(39)49(66)46(50(3,4)5)56-42(63)16-9-6-11-33-12-10-15-40(44(33)51)67-27-36(21-23-41(53)62)58(29-60)43-24-22-35-13-7-8-14-38(52)48(65)59(35)43;/h10,12,15,17-20,28-30,35-39,43,46,61H,6-9,11,13-14,16,21-27,52H2,1-5H3,(H2,53,62)(H,55,64)(H,56,63);1H/t30-,35-,36-,37+,38-,39-,43-,46+;/m0./s1. The number of aromatic nitrogens is 1. The number of unbranched alkanes of at least 4 members (excludes halogenated alkanes) is 1. The zero-order chi connectivity index (χ0) is 49.3. The number of halogens is 2. The summed E-state index contributed by atoms with van der Waals surface area (Å²) in [5.41, 5.74) is 16.6. The lowest BCUT2D eigenvalue weighted by Crippen LogP contribution is -2.58. The van der Waals surface area contributed by atoms with Gasteiger partial charge in [-0.2, -0.15) is 0 Å². The lowest BCUT2D eigenvalue weighted by Gasteiger charge is -2.41. The van der Waals surface area contributed by atoms with Crippen molar-refractivity contribution in [3.8, 4) is 16.2 Å². The molecule has 4 heterocycles. The largest absolute Gasteiger partial charge is 0.490 e. The average Bonchev–Trinajstić information content (AvgIpc) is 4.04. The molecule has 0 bridgehead atoms. The van der Waals surface area contributed by atoms with Gasteiger partial charge in [0.1, 0.15) is 30.6 Å². The molecule has 0 unspecified atom stereocenters. The summed E-state index contributed by atoms with van der Waals surface area (Å²) < 4.78 is 6.26. The zero-order valence-corrected chi connectivity index (χ0v) is 42.8. The highest BCUT2D eigenvalue weighted by Gasteiger charge is 2.46. The lowest BCUT2D eigenvalue weighted by molar-refractivity contribution is -0.145. The van der Waals surface area contributed by atoms with Crippen LogP contribution >= 0.6 is 35.3 Å². The molecule has 7 N–H and O–H groups in total. The van der Waals surface area contributed by atoms with E-state index in [0.717, 1.165) is 52.9 Å². The minimum absolute atomic E-state index is 0. The van der Waals surface area contributed by atoms with Gasteiger partial charge >= 0.3 is 0 Å². The molecule has 19 heteroatoms. The van der Waals surface area contributed by atoms with Gasteiger partial charge in [0.2, 0.25) is 35.9 Å². The van der Waals surface area contributed by atoms with Crippen molar-refractivity contribution in [2.75, 3.05) is 13.2 Å². The molecule has 0 aliphatic carbocycles. The highest BCUT2D eigenvalue weighted by atomic mass is 35.5. The zero-order valence-electron chi connectivity index (χ0n) is 40.4. The third-order valence-corrected chi connectivity index (χ3v) is 15.0. The number of benzene rings is 2. The highest BCUT2D eigenvalue weighted by Crippen LogP contribution is 2.35. The molecule has 3 aliphatic rings. The van der Waals surface area contributed by atoms with Crippen molar-refractivity contribution in [1.29, 1.82) is 0 Å². The first-order valence-corrected chi connectivity index (χ1v) is 25.2. The molecular formula is C50H70Cl2N8O8S. The Bertz CT molecular complexity index is 2260. The second kappa shape index (κ2) is 24.8. The maximum Gasteiger partial charge on any atom is 0.246 e. The fraction of sp³-hybridized carbons (Fsp3) is 0.580. The summed E-state index contributed by atoms with van der Waals surface area (Å²) in [6, 6.07) is 9.85. The minimum Gasteiger partial charge on any atom is -0.490 e. The first kappa shape index (κ1) is 55.1. The Balaban J connectivity index is 0.00000888. The van der Waals surface area contributed by atoms with Crippen LogP contribution in [0.3, 0.4) is 0 Å². The number of nitrogens with one attached hydrogen (secondary N) is 2. The number of aryl methyl sites for hydroxylation is 2. The molecule has 378 valence electrons. The Morgan fingerprint density at radius 1 is 1.04 bits per heavy atom. The van der Waals surface area contributed by atoms with Crippen LogP contribution in [0.2, 0.25) is 5.02 Å². The monoisotopic (exact) mass is 1010 g/mol. The van der Waals surface area contributed by atoms with Crippen LogP contribution in [0.4, 0.5) is 0 Å². The van der Waals surface area contributed by atoms with E-state index < -0.39 is 53.7 Å². The number of nitrogens with two attached hydrogens (primary N) is 2. The molecule has 0 spiro atoms. The molecule has 16 nitrogen and oxygen atoms in total. The first-order valence-electron chi connectivity index (χ1n) is 24.0. The van der Waals surface area contributed by atoms with E-state index in [1.54, 1.807) is 27.2 Å². The van der Waals surface area contributed by atoms with Gasteiger partial charge in [0.15, 0.2) is 0 Å². The molecule has 6 rings (SSSR count). The maximum absolute atomic E-state index is 14.2. The molecular weight excluding hydrogens is 944 g/mol. The number of thiazole rings is 1. The number of amides is 6. The number of ether oxygens (including phenoxy) is 1. The van der Waals surface area contributed by atoms with Gasteiger partial charge in [-0.25, -0.2) is 4.98 Å². The number of hydrogen-bond acceptors (Lipinski definition) is 11. The molecule has 69 heavy (non-hydrogen) atoms. The van der Waals surface area contributed by atoms with E-state index >= 15 is 0 Å². The van der Waals surface area contributed by atoms with E-state index in [4.69, 9.17) is 27.8 Å². The molecule has 2 aromatic carbocycles. The van der Waals surface area contributed by atoms with Crippen LogP contribution in [0.5, 0.6) is 5.75 Å². The van der Waals surface area contributed by atoms with E-state index in [2.05, 4.69) is 15.6 Å². The Morgan fingerprint density at radius 3 is 2.43 bits per heavy atom. The number of carbonyl (C=O) groups is 6. The molecule has 1 aromatic heterocycles. The van der Waals surface area contributed by atoms with Gasteiger partial charge in [0, 0.05) is 31.8 Å².